The Kier molecular flexibility index (Phi) is 4.94. The van der Waals surface area contributed by atoms with E-state index in [1.165, 1.54) is 30.3 Å². The summed E-state index contributed by atoms with van der Waals surface area (Å²) in [6, 6.07) is 7.50. The van der Waals surface area contributed by atoms with Gasteiger partial charge in [-0.2, -0.15) is 0 Å². The Hall–Kier alpha value is -2.87. The molecule has 0 saturated heterocycles. The number of carbonyl (C=O) groups is 1. The summed E-state index contributed by atoms with van der Waals surface area (Å²) in [6.07, 6.45) is 0. The van der Waals surface area contributed by atoms with E-state index in [0.717, 1.165) is 12.1 Å². The average molecular weight is 377 g/mol. The van der Waals surface area contributed by atoms with E-state index in [1.807, 2.05) is 0 Å². The van der Waals surface area contributed by atoms with Crippen LogP contribution in [0.5, 0.6) is 0 Å². The fourth-order valence-corrected chi connectivity index (χ4v) is 3.00. The topological polar surface area (TPSA) is 53.2 Å². The van der Waals surface area contributed by atoms with Crippen LogP contribution in [0, 0.1) is 17.5 Å². The number of amides is 1. The number of anilines is 1. The van der Waals surface area contributed by atoms with Gasteiger partial charge in [0, 0.05) is 11.4 Å². The molecule has 0 bridgehead atoms. The fourth-order valence-electron chi connectivity index (χ4n) is 2.73. The number of hydrogen-bond acceptors (Lipinski definition) is 2. The van der Waals surface area contributed by atoms with Gasteiger partial charge in [-0.3, -0.25) is 4.79 Å². The van der Waals surface area contributed by atoms with Gasteiger partial charge in [-0.25, -0.2) is 13.2 Å². The minimum Gasteiger partial charge on any atom is -0.351 e. The lowest BCUT2D eigenvalue weighted by molar-refractivity contribution is -0.113. The van der Waals surface area contributed by atoms with Gasteiger partial charge in [0.2, 0.25) is 0 Å². The maximum absolute atomic E-state index is 14.3. The quantitative estimate of drug-likeness (QED) is 0.717. The van der Waals surface area contributed by atoms with Crippen molar-refractivity contribution >= 4 is 28.9 Å². The van der Waals surface area contributed by atoms with E-state index in [4.69, 9.17) is 12.2 Å². The molecule has 1 aliphatic rings. The third-order valence-corrected chi connectivity index (χ3v) is 4.12. The Morgan fingerprint density at radius 3 is 2.31 bits per heavy atom. The second-order valence-corrected chi connectivity index (χ2v) is 6.07. The van der Waals surface area contributed by atoms with Gasteiger partial charge in [-0.05, 0) is 55.5 Å². The van der Waals surface area contributed by atoms with E-state index < -0.39 is 29.4 Å². The van der Waals surface area contributed by atoms with Crippen molar-refractivity contribution in [2.75, 3.05) is 5.32 Å². The molecular weight excluding hydrogens is 363 g/mol. The van der Waals surface area contributed by atoms with Gasteiger partial charge in [0.15, 0.2) is 5.11 Å². The molecule has 26 heavy (non-hydrogen) atoms. The summed E-state index contributed by atoms with van der Waals surface area (Å²) in [4.78, 5) is 12.7. The predicted octanol–water partition coefficient (Wildman–Crippen LogP) is 3.54. The molecule has 1 heterocycles. The van der Waals surface area contributed by atoms with Crippen molar-refractivity contribution in [1.82, 2.24) is 10.6 Å². The summed E-state index contributed by atoms with van der Waals surface area (Å²) in [5, 5.41) is 8.25. The van der Waals surface area contributed by atoms with Crippen LogP contribution < -0.4 is 16.0 Å². The van der Waals surface area contributed by atoms with Crippen molar-refractivity contribution in [3.05, 3.63) is 76.7 Å². The number of thiocarbonyl (C=S) groups is 1. The highest BCUT2D eigenvalue weighted by atomic mass is 32.1. The second kappa shape index (κ2) is 7.17. The van der Waals surface area contributed by atoms with Crippen LogP contribution in [0.3, 0.4) is 0 Å². The minimum absolute atomic E-state index is 0.0759. The summed E-state index contributed by atoms with van der Waals surface area (Å²) < 4.78 is 41.5. The van der Waals surface area contributed by atoms with Crippen molar-refractivity contribution in [2.24, 2.45) is 0 Å². The Morgan fingerprint density at radius 1 is 1.08 bits per heavy atom. The Balaban J connectivity index is 2.00. The van der Waals surface area contributed by atoms with E-state index in [-0.39, 0.29) is 16.2 Å². The number of halogens is 3. The molecule has 0 aromatic heterocycles. The fraction of sp³-hybridized carbons (Fsp3) is 0.111. The lowest BCUT2D eigenvalue weighted by Crippen LogP contribution is -2.46. The molecule has 3 rings (SSSR count). The van der Waals surface area contributed by atoms with E-state index in [1.54, 1.807) is 6.92 Å². The number of allylic oxidation sites excluding steroid dienone is 1. The largest absolute Gasteiger partial charge is 0.351 e. The average Bonchev–Trinajstić information content (AvgIpc) is 2.56. The first-order chi connectivity index (χ1) is 12.4. The molecular formula is C18H14F3N3OS. The minimum atomic E-state index is -1.11. The van der Waals surface area contributed by atoms with Gasteiger partial charge in [0.1, 0.15) is 17.5 Å². The van der Waals surface area contributed by atoms with Crippen LogP contribution in [-0.2, 0) is 4.79 Å². The third kappa shape index (κ3) is 3.55. The molecule has 1 unspecified atom stereocenters. The van der Waals surface area contributed by atoms with E-state index in [9.17, 15) is 18.0 Å². The molecule has 1 aliphatic heterocycles. The highest BCUT2D eigenvalue weighted by Crippen LogP contribution is 2.31. The monoisotopic (exact) mass is 377 g/mol. The van der Waals surface area contributed by atoms with Crippen molar-refractivity contribution in [3.8, 4) is 0 Å². The molecule has 1 amide bonds. The number of benzene rings is 2. The molecule has 0 fully saturated rings. The zero-order chi connectivity index (χ0) is 18.8. The Labute approximate surface area is 153 Å². The SMILES string of the molecule is CC1=C(C(=O)Nc2ccc(F)cc2)C(c2c(F)cccc2F)NC(=S)N1. The second-order valence-electron chi connectivity index (χ2n) is 5.67. The van der Waals surface area contributed by atoms with Gasteiger partial charge in [-0.1, -0.05) is 6.07 Å². The highest BCUT2D eigenvalue weighted by molar-refractivity contribution is 7.80. The summed E-state index contributed by atoms with van der Waals surface area (Å²) in [6.45, 7) is 1.58. The van der Waals surface area contributed by atoms with E-state index in [0.29, 0.717) is 11.4 Å². The molecule has 0 radical (unpaired) electrons. The number of hydrogen-bond donors (Lipinski definition) is 3. The maximum Gasteiger partial charge on any atom is 0.255 e. The number of rotatable bonds is 3. The Morgan fingerprint density at radius 2 is 1.69 bits per heavy atom. The summed E-state index contributed by atoms with van der Waals surface area (Å²) in [5.41, 5.74) is 0.477. The molecule has 4 nitrogen and oxygen atoms in total. The molecule has 0 aliphatic carbocycles. The van der Waals surface area contributed by atoms with Crippen molar-refractivity contribution in [1.29, 1.82) is 0 Å². The molecule has 0 saturated carbocycles. The number of nitrogens with one attached hydrogen (secondary N) is 3. The first-order valence-corrected chi connectivity index (χ1v) is 8.06. The van der Waals surface area contributed by atoms with Crippen LogP contribution >= 0.6 is 12.2 Å². The van der Waals surface area contributed by atoms with E-state index in [2.05, 4.69) is 16.0 Å². The maximum atomic E-state index is 14.3. The third-order valence-electron chi connectivity index (χ3n) is 3.90. The van der Waals surface area contributed by atoms with Crippen LogP contribution in [0.15, 0.2) is 53.7 Å². The van der Waals surface area contributed by atoms with Gasteiger partial charge in [0.05, 0.1) is 17.2 Å². The van der Waals surface area contributed by atoms with Crippen LogP contribution in [0.25, 0.3) is 0 Å². The lowest BCUT2D eigenvalue weighted by Gasteiger charge is -2.30. The number of carbonyl (C=O) groups excluding carboxylic acids is 1. The summed E-state index contributed by atoms with van der Waals surface area (Å²) in [7, 11) is 0. The molecule has 2 aromatic rings. The van der Waals surface area contributed by atoms with Crippen molar-refractivity contribution < 1.29 is 18.0 Å². The molecule has 0 spiro atoms. The lowest BCUT2D eigenvalue weighted by atomic mass is 9.94. The first-order valence-electron chi connectivity index (χ1n) is 7.66. The van der Waals surface area contributed by atoms with Crippen LogP contribution in [-0.4, -0.2) is 11.0 Å². The summed E-state index contributed by atoms with van der Waals surface area (Å²) in [5.74, 6) is -2.64. The van der Waals surface area contributed by atoms with Gasteiger partial charge >= 0.3 is 0 Å². The highest BCUT2D eigenvalue weighted by Gasteiger charge is 2.33. The Bertz CT molecular complexity index is 892. The normalized spacial score (nSPS) is 16.8. The van der Waals surface area contributed by atoms with Gasteiger partial charge in [0.25, 0.3) is 5.91 Å². The zero-order valence-electron chi connectivity index (χ0n) is 13.6. The molecule has 1 atom stereocenters. The standard InChI is InChI=1S/C18H14F3N3OS/c1-9-14(17(25)23-11-7-5-10(19)6-8-11)16(24-18(26)22-9)15-12(20)3-2-4-13(15)21/h2-8,16H,1H3,(H,23,25)(H2,22,24,26). The molecule has 8 heteroatoms. The zero-order valence-corrected chi connectivity index (χ0v) is 14.4. The van der Waals surface area contributed by atoms with Crippen LogP contribution in [0.2, 0.25) is 0 Å². The molecule has 3 N–H and O–H groups in total. The van der Waals surface area contributed by atoms with Gasteiger partial charge < -0.3 is 16.0 Å². The first kappa shape index (κ1) is 17.9. The van der Waals surface area contributed by atoms with Gasteiger partial charge in [-0.15, -0.1) is 0 Å². The smallest absolute Gasteiger partial charge is 0.255 e. The van der Waals surface area contributed by atoms with Crippen molar-refractivity contribution in [2.45, 2.75) is 13.0 Å². The van der Waals surface area contributed by atoms with Crippen molar-refractivity contribution in [3.63, 3.8) is 0 Å². The predicted molar refractivity (Wildman–Crippen MR) is 95.7 cm³/mol. The molecule has 2 aromatic carbocycles. The van der Waals surface area contributed by atoms with E-state index >= 15 is 0 Å². The molecule has 134 valence electrons. The van der Waals surface area contributed by atoms with Crippen LogP contribution in [0.4, 0.5) is 18.9 Å². The van der Waals surface area contributed by atoms with Crippen LogP contribution in [0.1, 0.15) is 18.5 Å². The summed E-state index contributed by atoms with van der Waals surface area (Å²) >= 11 is 5.06.